The Hall–Kier alpha value is -1.38. The number of carbonyl (C=O) groups excluding carboxylic acids is 1. The molecule has 0 bridgehead atoms. The minimum absolute atomic E-state index is 0.103. The Morgan fingerprint density at radius 3 is 2.71 bits per heavy atom. The fourth-order valence-electron chi connectivity index (χ4n) is 2.64. The van der Waals surface area contributed by atoms with E-state index < -0.39 is 12.0 Å². The summed E-state index contributed by atoms with van der Waals surface area (Å²) < 4.78 is 10.7. The molecule has 2 amide bonds. The van der Waals surface area contributed by atoms with Crippen molar-refractivity contribution in [2.75, 3.05) is 39.5 Å². The molecule has 3 atom stereocenters. The highest BCUT2D eigenvalue weighted by Gasteiger charge is 2.36. The molecular formula is C13H22N2O6. The van der Waals surface area contributed by atoms with Gasteiger partial charge in [0.25, 0.3) is 0 Å². The molecule has 0 aromatic rings. The van der Waals surface area contributed by atoms with E-state index >= 15 is 0 Å². The largest absolute Gasteiger partial charge is 0.481 e. The van der Waals surface area contributed by atoms with Crippen LogP contribution in [0.25, 0.3) is 0 Å². The van der Waals surface area contributed by atoms with Crippen molar-refractivity contribution >= 4 is 12.0 Å². The Kier molecular flexibility index (Phi) is 5.38. The molecule has 8 heteroatoms. The quantitative estimate of drug-likeness (QED) is 0.719. The van der Waals surface area contributed by atoms with Crippen molar-refractivity contribution in [1.29, 1.82) is 0 Å². The minimum Gasteiger partial charge on any atom is -0.481 e. The first-order chi connectivity index (χ1) is 10.0. The van der Waals surface area contributed by atoms with Gasteiger partial charge in [-0.2, -0.15) is 0 Å². The number of aliphatic carboxylic acids is 1. The molecule has 3 unspecified atom stereocenters. The zero-order valence-electron chi connectivity index (χ0n) is 12.1. The van der Waals surface area contributed by atoms with Gasteiger partial charge in [0.05, 0.1) is 57.6 Å². The van der Waals surface area contributed by atoms with Crippen LogP contribution in [0.15, 0.2) is 0 Å². The molecule has 2 heterocycles. The number of urea groups is 1. The summed E-state index contributed by atoms with van der Waals surface area (Å²) in [7, 11) is 0. The average Bonchev–Trinajstić information content (AvgIpc) is 2.47. The molecule has 120 valence electrons. The number of amides is 2. The fourth-order valence-corrected chi connectivity index (χ4v) is 2.64. The van der Waals surface area contributed by atoms with Gasteiger partial charge in [-0.3, -0.25) is 4.79 Å². The van der Waals surface area contributed by atoms with Gasteiger partial charge in [0.15, 0.2) is 0 Å². The number of ether oxygens (including phenoxy) is 2. The van der Waals surface area contributed by atoms with Crippen molar-refractivity contribution in [3.63, 3.8) is 0 Å². The lowest BCUT2D eigenvalue weighted by atomic mass is 10.1. The van der Waals surface area contributed by atoms with E-state index in [-0.39, 0.29) is 37.8 Å². The van der Waals surface area contributed by atoms with E-state index in [0.717, 1.165) is 0 Å². The van der Waals surface area contributed by atoms with Crippen molar-refractivity contribution in [2.24, 2.45) is 0 Å². The van der Waals surface area contributed by atoms with Crippen LogP contribution in [0.5, 0.6) is 0 Å². The third-order valence-electron chi connectivity index (χ3n) is 3.84. The van der Waals surface area contributed by atoms with Crippen LogP contribution in [0.3, 0.4) is 0 Å². The number of aliphatic hydroxyl groups is 1. The highest BCUT2D eigenvalue weighted by Crippen LogP contribution is 2.18. The summed E-state index contributed by atoms with van der Waals surface area (Å²) in [5.74, 6) is -0.952. The predicted molar refractivity (Wildman–Crippen MR) is 72.0 cm³/mol. The monoisotopic (exact) mass is 302 g/mol. The maximum atomic E-state index is 12.7. The van der Waals surface area contributed by atoms with E-state index in [4.69, 9.17) is 14.6 Å². The first kappa shape index (κ1) is 16.0. The molecule has 0 aromatic carbocycles. The highest BCUT2D eigenvalue weighted by atomic mass is 16.5. The van der Waals surface area contributed by atoms with Gasteiger partial charge < -0.3 is 29.5 Å². The lowest BCUT2D eigenvalue weighted by Gasteiger charge is -2.43. The summed E-state index contributed by atoms with van der Waals surface area (Å²) >= 11 is 0. The van der Waals surface area contributed by atoms with Crippen molar-refractivity contribution in [1.82, 2.24) is 9.80 Å². The standard InChI is InChI=1S/C13H22N2O6/c1-9-7-21-11(6-16)5-15(9)13(19)14-2-3-20-8-10(14)4-12(17)18/h9-11,16H,2-8H2,1H3,(H,17,18). The van der Waals surface area contributed by atoms with Crippen LogP contribution in [0.1, 0.15) is 13.3 Å². The summed E-state index contributed by atoms with van der Waals surface area (Å²) in [6.45, 7) is 3.43. The minimum atomic E-state index is -0.952. The van der Waals surface area contributed by atoms with Crippen LogP contribution >= 0.6 is 0 Å². The lowest BCUT2D eigenvalue weighted by molar-refractivity contribution is -0.139. The predicted octanol–water partition coefficient (Wildman–Crippen LogP) is -0.636. The van der Waals surface area contributed by atoms with E-state index in [9.17, 15) is 14.7 Å². The molecule has 2 N–H and O–H groups in total. The number of nitrogens with zero attached hydrogens (tertiary/aromatic N) is 2. The Morgan fingerprint density at radius 1 is 1.29 bits per heavy atom. The number of morpholine rings is 2. The van der Waals surface area contributed by atoms with Crippen LogP contribution in [0.4, 0.5) is 4.79 Å². The first-order valence-corrected chi connectivity index (χ1v) is 7.12. The Bertz CT molecular complexity index is 391. The van der Waals surface area contributed by atoms with E-state index in [0.29, 0.717) is 26.3 Å². The molecular weight excluding hydrogens is 280 g/mol. The third kappa shape index (κ3) is 3.84. The average molecular weight is 302 g/mol. The normalized spacial score (nSPS) is 30.3. The highest BCUT2D eigenvalue weighted by molar-refractivity contribution is 5.77. The second-order valence-electron chi connectivity index (χ2n) is 5.44. The Morgan fingerprint density at radius 2 is 2.05 bits per heavy atom. The molecule has 2 aliphatic rings. The van der Waals surface area contributed by atoms with Crippen LogP contribution in [-0.4, -0.2) is 89.7 Å². The molecule has 2 aliphatic heterocycles. The van der Waals surface area contributed by atoms with Gasteiger partial charge in [0, 0.05) is 6.54 Å². The zero-order valence-corrected chi connectivity index (χ0v) is 12.1. The number of carboxylic acid groups (broad SMARTS) is 1. The Labute approximate surface area is 123 Å². The molecule has 2 fully saturated rings. The maximum Gasteiger partial charge on any atom is 0.320 e. The van der Waals surface area contributed by atoms with E-state index in [1.54, 1.807) is 9.80 Å². The SMILES string of the molecule is CC1COC(CO)CN1C(=O)N1CCOCC1CC(=O)O. The first-order valence-electron chi connectivity index (χ1n) is 7.12. The van der Waals surface area contributed by atoms with Crippen LogP contribution in [0.2, 0.25) is 0 Å². The van der Waals surface area contributed by atoms with E-state index in [2.05, 4.69) is 0 Å². The number of hydrogen-bond acceptors (Lipinski definition) is 5. The maximum absolute atomic E-state index is 12.7. The summed E-state index contributed by atoms with van der Waals surface area (Å²) in [5, 5.41) is 18.1. The van der Waals surface area contributed by atoms with Gasteiger partial charge in [-0.25, -0.2) is 4.79 Å². The van der Waals surface area contributed by atoms with Crippen molar-refractivity contribution in [3.8, 4) is 0 Å². The topological polar surface area (TPSA) is 99.5 Å². The van der Waals surface area contributed by atoms with Crippen LogP contribution < -0.4 is 0 Å². The lowest BCUT2D eigenvalue weighted by Crippen LogP contribution is -2.60. The van der Waals surface area contributed by atoms with Crippen LogP contribution in [0, 0.1) is 0 Å². The molecule has 8 nitrogen and oxygen atoms in total. The van der Waals surface area contributed by atoms with Crippen molar-refractivity contribution < 1.29 is 29.3 Å². The number of carboxylic acids is 1. The van der Waals surface area contributed by atoms with Gasteiger partial charge in [-0.05, 0) is 6.92 Å². The summed E-state index contributed by atoms with van der Waals surface area (Å²) in [4.78, 5) is 26.8. The van der Waals surface area contributed by atoms with Gasteiger partial charge >= 0.3 is 12.0 Å². The van der Waals surface area contributed by atoms with E-state index in [1.165, 1.54) is 0 Å². The summed E-state index contributed by atoms with van der Waals surface area (Å²) in [6, 6.07) is -0.765. The second kappa shape index (κ2) is 7.06. The fraction of sp³-hybridized carbons (Fsp3) is 0.846. The van der Waals surface area contributed by atoms with Gasteiger partial charge in [0.1, 0.15) is 0 Å². The van der Waals surface area contributed by atoms with E-state index in [1.807, 2.05) is 6.92 Å². The third-order valence-corrected chi connectivity index (χ3v) is 3.84. The molecule has 0 radical (unpaired) electrons. The molecule has 0 aliphatic carbocycles. The molecule has 0 saturated carbocycles. The molecule has 21 heavy (non-hydrogen) atoms. The zero-order chi connectivity index (χ0) is 15.4. The van der Waals surface area contributed by atoms with Gasteiger partial charge in [0.2, 0.25) is 0 Å². The molecule has 0 aromatic heterocycles. The molecule has 0 spiro atoms. The number of rotatable bonds is 3. The number of aliphatic hydroxyl groups excluding tert-OH is 1. The van der Waals surface area contributed by atoms with Crippen molar-refractivity contribution in [2.45, 2.75) is 31.5 Å². The van der Waals surface area contributed by atoms with Crippen molar-refractivity contribution in [3.05, 3.63) is 0 Å². The van der Waals surface area contributed by atoms with Gasteiger partial charge in [-0.15, -0.1) is 0 Å². The second-order valence-corrected chi connectivity index (χ2v) is 5.44. The molecule has 2 rings (SSSR count). The summed E-state index contributed by atoms with van der Waals surface area (Å²) in [5.41, 5.74) is 0. The smallest absolute Gasteiger partial charge is 0.320 e. The van der Waals surface area contributed by atoms with Gasteiger partial charge in [-0.1, -0.05) is 0 Å². The van der Waals surface area contributed by atoms with Crippen LogP contribution in [-0.2, 0) is 14.3 Å². The molecule has 2 saturated heterocycles. The summed E-state index contributed by atoms with van der Waals surface area (Å²) in [6.07, 6.45) is -0.516. The Balaban J connectivity index is 2.06. The number of carbonyl (C=O) groups is 2. The number of hydrogen-bond donors (Lipinski definition) is 2.